The number of rotatable bonds is 1. The Bertz CT molecular complexity index is 364. The normalized spacial score (nSPS) is 16.7. The summed E-state index contributed by atoms with van der Waals surface area (Å²) in [5, 5.41) is 2.48. The van der Waals surface area contributed by atoms with Crippen molar-refractivity contribution < 1.29 is 9.59 Å². The van der Waals surface area contributed by atoms with E-state index >= 15 is 0 Å². The first-order valence-corrected chi connectivity index (χ1v) is 4.24. The average Bonchev–Trinajstić information content (AvgIpc) is 2.23. The highest BCUT2D eigenvalue weighted by Crippen LogP contribution is 2.12. The maximum Gasteiger partial charge on any atom is 0.246 e. The summed E-state index contributed by atoms with van der Waals surface area (Å²) in [5.74, 6) is -0.258. The van der Waals surface area contributed by atoms with Crippen LogP contribution in [-0.2, 0) is 9.59 Å². The fourth-order valence-electron chi connectivity index (χ4n) is 1.31. The van der Waals surface area contributed by atoms with E-state index in [1.165, 1.54) is 4.90 Å². The lowest BCUT2D eigenvalue weighted by Gasteiger charge is -2.26. The van der Waals surface area contributed by atoms with Gasteiger partial charge in [-0.1, -0.05) is 0 Å². The molecule has 1 aliphatic heterocycles. The van der Waals surface area contributed by atoms with Crippen molar-refractivity contribution >= 4 is 17.5 Å². The van der Waals surface area contributed by atoms with Crippen LogP contribution in [-0.4, -0.2) is 29.9 Å². The Hall–Kier alpha value is -1.91. The van der Waals surface area contributed by atoms with Crippen molar-refractivity contribution in [3.8, 4) is 0 Å². The van der Waals surface area contributed by atoms with Crippen molar-refractivity contribution in [2.45, 2.75) is 0 Å². The number of anilines is 1. The molecular weight excluding hydrogens is 182 g/mol. The van der Waals surface area contributed by atoms with Crippen LogP contribution < -0.4 is 10.2 Å². The topological polar surface area (TPSA) is 62.3 Å². The maximum atomic E-state index is 11.4. The summed E-state index contributed by atoms with van der Waals surface area (Å²) in [7, 11) is 0. The highest BCUT2D eigenvalue weighted by atomic mass is 16.2. The third-order valence-electron chi connectivity index (χ3n) is 2.00. The number of hydrogen-bond acceptors (Lipinski definition) is 3. The molecule has 0 aromatic carbocycles. The van der Waals surface area contributed by atoms with Gasteiger partial charge in [-0.2, -0.15) is 0 Å². The van der Waals surface area contributed by atoms with Gasteiger partial charge in [-0.3, -0.25) is 19.5 Å². The van der Waals surface area contributed by atoms with E-state index in [0.29, 0.717) is 5.69 Å². The lowest BCUT2D eigenvalue weighted by molar-refractivity contribution is -0.128. The maximum absolute atomic E-state index is 11.4. The fraction of sp³-hybridized carbons (Fsp3) is 0.222. The molecule has 0 radical (unpaired) electrons. The Kier molecular flexibility index (Phi) is 2.14. The van der Waals surface area contributed by atoms with E-state index in [-0.39, 0.29) is 24.9 Å². The molecule has 1 aromatic rings. The molecule has 1 saturated heterocycles. The van der Waals surface area contributed by atoms with Gasteiger partial charge in [0, 0.05) is 6.20 Å². The minimum Gasteiger partial charge on any atom is -0.345 e. The van der Waals surface area contributed by atoms with Gasteiger partial charge >= 0.3 is 0 Å². The smallest absolute Gasteiger partial charge is 0.246 e. The summed E-state index contributed by atoms with van der Waals surface area (Å²) in [6.45, 7) is 0.137. The molecule has 0 aliphatic carbocycles. The van der Waals surface area contributed by atoms with Crippen LogP contribution in [0.15, 0.2) is 24.5 Å². The predicted octanol–water partition coefficient (Wildman–Crippen LogP) is -0.456. The molecule has 5 nitrogen and oxygen atoms in total. The summed E-state index contributed by atoms with van der Waals surface area (Å²) < 4.78 is 0. The van der Waals surface area contributed by atoms with Crippen molar-refractivity contribution in [3.63, 3.8) is 0 Å². The van der Waals surface area contributed by atoms with Crippen LogP contribution >= 0.6 is 0 Å². The predicted molar refractivity (Wildman–Crippen MR) is 49.6 cm³/mol. The molecule has 0 bridgehead atoms. The Labute approximate surface area is 80.7 Å². The highest BCUT2D eigenvalue weighted by molar-refractivity contribution is 6.04. The number of hydrogen-bond donors (Lipinski definition) is 1. The number of carbonyl (C=O) groups excluding carboxylic acids is 2. The fourth-order valence-corrected chi connectivity index (χ4v) is 1.31. The number of pyridine rings is 1. The third-order valence-corrected chi connectivity index (χ3v) is 2.00. The van der Waals surface area contributed by atoms with Gasteiger partial charge in [-0.25, -0.2) is 0 Å². The second kappa shape index (κ2) is 3.45. The molecule has 0 atom stereocenters. The molecule has 1 N–H and O–H groups in total. The number of piperazine rings is 1. The van der Waals surface area contributed by atoms with Crippen molar-refractivity contribution in [2.24, 2.45) is 0 Å². The number of nitrogens with one attached hydrogen (secondary N) is 1. The first-order valence-electron chi connectivity index (χ1n) is 4.24. The Morgan fingerprint density at radius 2 is 2.29 bits per heavy atom. The number of amides is 2. The monoisotopic (exact) mass is 191 g/mol. The summed E-state index contributed by atoms with van der Waals surface area (Å²) in [6, 6.07) is 3.48. The molecular formula is C9H9N3O2. The van der Waals surface area contributed by atoms with Gasteiger partial charge in [0.15, 0.2) is 0 Å². The van der Waals surface area contributed by atoms with E-state index in [1.54, 1.807) is 24.5 Å². The van der Waals surface area contributed by atoms with Gasteiger partial charge in [-0.15, -0.1) is 0 Å². The van der Waals surface area contributed by atoms with E-state index in [0.717, 1.165) is 0 Å². The second-order valence-electron chi connectivity index (χ2n) is 2.97. The second-order valence-corrected chi connectivity index (χ2v) is 2.97. The summed E-state index contributed by atoms with van der Waals surface area (Å²) in [4.78, 5) is 27.8. The summed E-state index contributed by atoms with van der Waals surface area (Å²) in [5.41, 5.74) is 0.660. The molecule has 0 saturated carbocycles. The van der Waals surface area contributed by atoms with E-state index in [9.17, 15) is 9.59 Å². The molecule has 2 heterocycles. The van der Waals surface area contributed by atoms with Crippen LogP contribution in [0.1, 0.15) is 0 Å². The standard InChI is InChI=1S/C9H9N3O2/c13-8-6-12(9(14)5-11-8)7-2-1-3-10-4-7/h1-4H,5-6H2,(H,11,13). The van der Waals surface area contributed by atoms with Gasteiger partial charge < -0.3 is 5.32 Å². The molecule has 14 heavy (non-hydrogen) atoms. The van der Waals surface area contributed by atoms with E-state index in [4.69, 9.17) is 0 Å². The number of aromatic nitrogens is 1. The molecule has 1 fully saturated rings. The lowest BCUT2D eigenvalue weighted by atomic mass is 10.3. The average molecular weight is 191 g/mol. The number of carbonyl (C=O) groups is 2. The first kappa shape index (κ1) is 8.68. The van der Waals surface area contributed by atoms with Crippen LogP contribution in [0.25, 0.3) is 0 Å². The molecule has 72 valence electrons. The van der Waals surface area contributed by atoms with Crippen molar-refractivity contribution in [2.75, 3.05) is 18.0 Å². The van der Waals surface area contributed by atoms with Gasteiger partial charge in [0.2, 0.25) is 11.8 Å². The molecule has 5 heteroatoms. The van der Waals surface area contributed by atoms with Crippen molar-refractivity contribution in [1.29, 1.82) is 0 Å². The van der Waals surface area contributed by atoms with Gasteiger partial charge in [0.1, 0.15) is 6.54 Å². The van der Waals surface area contributed by atoms with Crippen LogP contribution in [0.5, 0.6) is 0 Å². The number of nitrogens with zero attached hydrogens (tertiary/aromatic N) is 2. The zero-order valence-corrected chi connectivity index (χ0v) is 7.43. The van der Waals surface area contributed by atoms with E-state index in [1.807, 2.05) is 0 Å². The summed E-state index contributed by atoms with van der Waals surface area (Å²) in [6.07, 6.45) is 3.19. The van der Waals surface area contributed by atoms with E-state index in [2.05, 4.69) is 10.3 Å². The largest absolute Gasteiger partial charge is 0.345 e. The summed E-state index contributed by atoms with van der Waals surface area (Å²) >= 11 is 0. The molecule has 0 spiro atoms. The van der Waals surface area contributed by atoms with Crippen molar-refractivity contribution in [1.82, 2.24) is 10.3 Å². The molecule has 1 aromatic heterocycles. The Balaban J connectivity index is 2.24. The van der Waals surface area contributed by atoms with E-state index < -0.39 is 0 Å². The zero-order chi connectivity index (χ0) is 9.97. The zero-order valence-electron chi connectivity index (χ0n) is 7.43. The molecule has 1 aliphatic rings. The first-order chi connectivity index (χ1) is 6.77. The van der Waals surface area contributed by atoms with Crippen LogP contribution in [0.3, 0.4) is 0 Å². The minimum absolute atomic E-state index is 0.0632. The SMILES string of the molecule is O=C1CN(c2cccnc2)C(=O)CN1. The lowest BCUT2D eigenvalue weighted by Crippen LogP contribution is -2.51. The van der Waals surface area contributed by atoms with Gasteiger partial charge in [0.25, 0.3) is 0 Å². The van der Waals surface area contributed by atoms with Crippen LogP contribution in [0.2, 0.25) is 0 Å². The van der Waals surface area contributed by atoms with Crippen molar-refractivity contribution in [3.05, 3.63) is 24.5 Å². The third kappa shape index (κ3) is 1.56. The minimum atomic E-state index is -0.145. The Morgan fingerprint density at radius 1 is 1.43 bits per heavy atom. The quantitative estimate of drug-likeness (QED) is 0.653. The van der Waals surface area contributed by atoms with Gasteiger partial charge in [-0.05, 0) is 12.1 Å². The van der Waals surface area contributed by atoms with Crippen LogP contribution in [0.4, 0.5) is 5.69 Å². The Morgan fingerprint density at radius 3 is 3.00 bits per heavy atom. The molecule has 2 amide bonds. The highest BCUT2D eigenvalue weighted by Gasteiger charge is 2.24. The van der Waals surface area contributed by atoms with Gasteiger partial charge in [0.05, 0.1) is 18.4 Å². The molecule has 0 unspecified atom stereocenters. The van der Waals surface area contributed by atoms with Crippen LogP contribution in [0, 0.1) is 0 Å². The molecule has 2 rings (SSSR count).